The first-order valence-corrected chi connectivity index (χ1v) is 8.74. The maximum Gasteiger partial charge on any atom is 0.241 e. The number of hydrogen-bond donors (Lipinski definition) is 2. The molecule has 1 atom stereocenters. The molecule has 108 valence electrons. The van der Waals surface area contributed by atoms with E-state index in [-0.39, 0.29) is 23.3 Å². The summed E-state index contributed by atoms with van der Waals surface area (Å²) in [5.41, 5.74) is 0. The topological polar surface area (TPSA) is 58.2 Å². The van der Waals surface area contributed by atoms with Gasteiger partial charge >= 0.3 is 0 Å². The van der Waals surface area contributed by atoms with E-state index in [1.807, 2.05) is 0 Å². The van der Waals surface area contributed by atoms with Gasteiger partial charge in [-0.1, -0.05) is 15.9 Å². The van der Waals surface area contributed by atoms with Crippen LogP contribution in [0.2, 0.25) is 0 Å². The van der Waals surface area contributed by atoms with Crippen LogP contribution in [0.15, 0.2) is 32.0 Å². The lowest BCUT2D eigenvalue weighted by atomic mass is 10.2. The van der Waals surface area contributed by atoms with Crippen LogP contribution < -0.4 is 10.0 Å². The van der Waals surface area contributed by atoms with Gasteiger partial charge in [-0.3, -0.25) is 0 Å². The summed E-state index contributed by atoms with van der Waals surface area (Å²) in [6.07, 6.45) is 2.12. The maximum atomic E-state index is 12.1. The number of rotatable bonds is 4. The van der Waals surface area contributed by atoms with Gasteiger partial charge in [-0.05, 0) is 53.5 Å². The number of hydrogen-bond acceptors (Lipinski definition) is 3. The van der Waals surface area contributed by atoms with E-state index in [0.717, 1.165) is 23.9 Å². The van der Waals surface area contributed by atoms with Crippen LogP contribution >= 0.6 is 44.3 Å². The minimum atomic E-state index is -3.45. The van der Waals surface area contributed by atoms with Crippen molar-refractivity contribution in [1.29, 1.82) is 0 Å². The van der Waals surface area contributed by atoms with Gasteiger partial charge in [-0.2, -0.15) is 0 Å². The summed E-state index contributed by atoms with van der Waals surface area (Å²) in [7, 11) is -3.45. The van der Waals surface area contributed by atoms with Gasteiger partial charge in [0, 0.05) is 21.5 Å². The molecule has 8 heteroatoms. The lowest BCUT2D eigenvalue weighted by Gasteiger charge is -2.13. The summed E-state index contributed by atoms with van der Waals surface area (Å²) in [5, 5.41) is 3.26. The van der Waals surface area contributed by atoms with Gasteiger partial charge in [0.1, 0.15) is 0 Å². The van der Waals surface area contributed by atoms with Crippen LogP contribution in [0, 0.1) is 0 Å². The van der Waals surface area contributed by atoms with Crippen molar-refractivity contribution in [3.63, 3.8) is 0 Å². The van der Waals surface area contributed by atoms with E-state index in [2.05, 4.69) is 41.9 Å². The Morgan fingerprint density at radius 1 is 1.37 bits per heavy atom. The van der Waals surface area contributed by atoms with Gasteiger partial charge < -0.3 is 5.32 Å². The first-order valence-electron chi connectivity index (χ1n) is 5.67. The Morgan fingerprint density at radius 2 is 2.11 bits per heavy atom. The van der Waals surface area contributed by atoms with Crippen molar-refractivity contribution in [3.8, 4) is 0 Å². The first-order chi connectivity index (χ1) is 8.49. The second-order valence-electron chi connectivity index (χ2n) is 4.22. The molecule has 0 radical (unpaired) electrons. The highest BCUT2D eigenvalue weighted by Gasteiger charge is 2.21. The summed E-state index contributed by atoms with van der Waals surface area (Å²) < 4.78 is 28.3. The number of halogens is 3. The van der Waals surface area contributed by atoms with Gasteiger partial charge in [0.05, 0.1) is 4.90 Å². The molecule has 1 saturated heterocycles. The molecule has 0 spiro atoms. The molecule has 1 aliphatic heterocycles. The fourth-order valence-corrected chi connectivity index (χ4v) is 4.74. The van der Waals surface area contributed by atoms with E-state index >= 15 is 0 Å². The minimum Gasteiger partial charge on any atom is -0.313 e. The summed E-state index contributed by atoms with van der Waals surface area (Å²) in [4.78, 5) is 0.267. The summed E-state index contributed by atoms with van der Waals surface area (Å²) in [5.74, 6) is 0. The van der Waals surface area contributed by atoms with Gasteiger partial charge in [0.2, 0.25) is 10.0 Å². The molecule has 0 bridgehead atoms. The molecule has 19 heavy (non-hydrogen) atoms. The van der Waals surface area contributed by atoms with Crippen molar-refractivity contribution >= 4 is 54.3 Å². The van der Waals surface area contributed by atoms with Gasteiger partial charge in [-0.15, -0.1) is 12.4 Å². The number of sulfonamides is 1. The molecule has 0 aromatic heterocycles. The summed E-state index contributed by atoms with van der Waals surface area (Å²) in [6, 6.07) is 5.27. The van der Waals surface area contributed by atoms with Crippen LogP contribution in [0.3, 0.4) is 0 Å². The third-order valence-electron chi connectivity index (χ3n) is 2.87. The third-order valence-corrected chi connectivity index (χ3v) is 5.76. The second-order valence-corrected chi connectivity index (χ2v) is 7.73. The third kappa shape index (κ3) is 4.68. The molecule has 2 rings (SSSR count). The van der Waals surface area contributed by atoms with Crippen molar-refractivity contribution in [2.45, 2.75) is 23.8 Å². The van der Waals surface area contributed by atoms with Gasteiger partial charge in [0.15, 0.2) is 0 Å². The minimum absolute atomic E-state index is 0. The average molecular weight is 435 g/mol. The van der Waals surface area contributed by atoms with Crippen LogP contribution in [0.4, 0.5) is 0 Å². The average Bonchev–Trinajstić information content (AvgIpc) is 2.78. The zero-order valence-electron chi connectivity index (χ0n) is 10.0. The Hall–Kier alpha value is 0.340. The molecular weight excluding hydrogens is 419 g/mol. The smallest absolute Gasteiger partial charge is 0.241 e. The van der Waals surface area contributed by atoms with Crippen LogP contribution in [0.1, 0.15) is 12.8 Å². The van der Waals surface area contributed by atoms with E-state index in [9.17, 15) is 8.42 Å². The van der Waals surface area contributed by atoms with Crippen molar-refractivity contribution < 1.29 is 8.42 Å². The number of benzene rings is 1. The molecule has 1 aromatic carbocycles. The summed E-state index contributed by atoms with van der Waals surface area (Å²) in [6.45, 7) is 1.40. The quantitative estimate of drug-likeness (QED) is 0.766. The Morgan fingerprint density at radius 3 is 2.68 bits per heavy atom. The predicted octanol–water partition coefficient (Wildman–Crippen LogP) is 2.66. The van der Waals surface area contributed by atoms with E-state index in [0.29, 0.717) is 11.0 Å². The second kappa shape index (κ2) is 7.38. The fourth-order valence-electron chi connectivity index (χ4n) is 1.91. The van der Waals surface area contributed by atoms with Crippen LogP contribution in [-0.4, -0.2) is 27.5 Å². The molecule has 1 heterocycles. The Bertz CT molecular complexity index is 533. The maximum absolute atomic E-state index is 12.1. The Labute approximate surface area is 136 Å². The van der Waals surface area contributed by atoms with E-state index in [1.165, 1.54) is 0 Å². The number of nitrogens with one attached hydrogen (secondary N) is 2. The summed E-state index contributed by atoms with van der Waals surface area (Å²) >= 11 is 6.57. The SMILES string of the molecule is Cl.O=S(=O)(NCC1CCCN1)c1ccc(Br)cc1Br. The van der Waals surface area contributed by atoms with Crippen molar-refractivity contribution in [3.05, 3.63) is 27.1 Å². The highest BCUT2D eigenvalue weighted by Crippen LogP contribution is 2.25. The molecule has 1 fully saturated rings. The molecular formula is C11H15Br2ClN2O2S. The van der Waals surface area contributed by atoms with E-state index in [4.69, 9.17) is 0 Å². The molecule has 1 aliphatic rings. The predicted molar refractivity (Wildman–Crippen MR) is 85.3 cm³/mol. The Kier molecular flexibility index (Phi) is 6.75. The van der Waals surface area contributed by atoms with E-state index in [1.54, 1.807) is 18.2 Å². The largest absolute Gasteiger partial charge is 0.313 e. The molecule has 0 amide bonds. The Balaban J connectivity index is 0.00000180. The molecule has 0 saturated carbocycles. The molecule has 0 aliphatic carbocycles. The van der Waals surface area contributed by atoms with E-state index < -0.39 is 10.0 Å². The molecule has 1 unspecified atom stereocenters. The van der Waals surface area contributed by atoms with Crippen molar-refractivity contribution in [2.75, 3.05) is 13.1 Å². The highest BCUT2D eigenvalue weighted by molar-refractivity contribution is 9.11. The lowest BCUT2D eigenvalue weighted by Crippen LogP contribution is -2.37. The zero-order chi connectivity index (χ0) is 13.2. The highest BCUT2D eigenvalue weighted by atomic mass is 79.9. The van der Waals surface area contributed by atoms with Gasteiger partial charge in [-0.25, -0.2) is 13.1 Å². The standard InChI is InChI=1S/C11H14Br2N2O2S.ClH/c12-8-3-4-11(10(13)6-8)18(16,17)15-7-9-2-1-5-14-9;/h3-4,6,9,14-15H,1-2,5,7H2;1H. The fraction of sp³-hybridized carbons (Fsp3) is 0.455. The molecule has 1 aromatic rings. The van der Waals surface area contributed by atoms with Crippen LogP contribution in [-0.2, 0) is 10.0 Å². The zero-order valence-corrected chi connectivity index (χ0v) is 14.8. The van der Waals surface area contributed by atoms with Crippen LogP contribution in [0.5, 0.6) is 0 Å². The lowest BCUT2D eigenvalue weighted by molar-refractivity contribution is 0.551. The first kappa shape index (κ1) is 17.4. The van der Waals surface area contributed by atoms with Crippen molar-refractivity contribution in [2.24, 2.45) is 0 Å². The van der Waals surface area contributed by atoms with Crippen molar-refractivity contribution in [1.82, 2.24) is 10.0 Å². The molecule has 2 N–H and O–H groups in total. The monoisotopic (exact) mass is 432 g/mol. The molecule has 4 nitrogen and oxygen atoms in total. The normalized spacial score (nSPS) is 19.2. The van der Waals surface area contributed by atoms with Crippen LogP contribution in [0.25, 0.3) is 0 Å². The van der Waals surface area contributed by atoms with Gasteiger partial charge in [0.25, 0.3) is 0 Å².